The normalized spacial score (nSPS) is 9.12. The highest BCUT2D eigenvalue weighted by Crippen LogP contribution is 2.12. The van der Waals surface area contributed by atoms with Gasteiger partial charge in [0, 0.05) is 10.0 Å². The molecule has 0 aliphatic carbocycles. The number of hydrogen-bond acceptors (Lipinski definition) is 2. The van der Waals surface area contributed by atoms with Crippen LogP contribution in [0.5, 0.6) is 0 Å². The molecular formula is C11H8Cl2O3. The summed E-state index contributed by atoms with van der Waals surface area (Å²) in [5.41, 5.74) is 0. The van der Waals surface area contributed by atoms with Gasteiger partial charge in [-0.2, -0.15) is 0 Å². The third-order valence-electron chi connectivity index (χ3n) is 1.54. The zero-order valence-corrected chi connectivity index (χ0v) is 9.57. The van der Waals surface area contributed by atoms with E-state index in [0.29, 0.717) is 0 Å². The van der Waals surface area contributed by atoms with Crippen LogP contribution < -0.4 is 0 Å². The predicted molar refractivity (Wildman–Crippen MR) is 62.1 cm³/mol. The number of aromatic carboxylic acids is 1. The summed E-state index contributed by atoms with van der Waals surface area (Å²) in [6.45, 7) is 0. The van der Waals surface area contributed by atoms with Crippen molar-refractivity contribution in [3.05, 3.63) is 58.5 Å². The number of rotatable bonds is 1. The molecule has 2 rings (SSSR count). The van der Waals surface area contributed by atoms with Crippen LogP contribution in [0.2, 0.25) is 10.0 Å². The zero-order valence-electron chi connectivity index (χ0n) is 8.06. The molecule has 0 saturated carbocycles. The fraction of sp³-hybridized carbons (Fsp3) is 0. The molecule has 16 heavy (non-hydrogen) atoms. The SMILES string of the molecule is Clc1ccc(Cl)cc1.O=C(O)c1ccco1. The van der Waals surface area contributed by atoms with Gasteiger partial charge in [-0.25, -0.2) is 4.79 Å². The first kappa shape index (κ1) is 12.6. The molecule has 0 radical (unpaired) electrons. The Labute approximate surface area is 102 Å². The van der Waals surface area contributed by atoms with Crippen molar-refractivity contribution in [2.45, 2.75) is 0 Å². The minimum absolute atomic E-state index is 0.0231. The van der Waals surface area contributed by atoms with Crippen LogP contribution in [0.25, 0.3) is 0 Å². The van der Waals surface area contributed by atoms with Gasteiger partial charge in [0.15, 0.2) is 0 Å². The van der Waals surface area contributed by atoms with E-state index in [1.54, 1.807) is 24.3 Å². The van der Waals surface area contributed by atoms with Crippen LogP contribution >= 0.6 is 23.2 Å². The van der Waals surface area contributed by atoms with Crippen LogP contribution in [0.4, 0.5) is 0 Å². The molecule has 0 spiro atoms. The Morgan fingerprint density at radius 2 is 1.56 bits per heavy atom. The summed E-state index contributed by atoms with van der Waals surface area (Å²) in [7, 11) is 0. The number of carboxylic acid groups (broad SMARTS) is 1. The molecule has 0 aliphatic heterocycles. The van der Waals surface area contributed by atoms with Crippen molar-refractivity contribution in [3.63, 3.8) is 0 Å². The van der Waals surface area contributed by atoms with Gasteiger partial charge >= 0.3 is 5.97 Å². The van der Waals surface area contributed by atoms with Crippen LogP contribution in [0.15, 0.2) is 47.1 Å². The fourth-order valence-corrected chi connectivity index (χ4v) is 1.08. The maximum Gasteiger partial charge on any atom is 0.371 e. The van der Waals surface area contributed by atoms with Gasteiger partial charge in [-0.3, -0.25) is 0 Å². The molecule has 84 valence electrons. The van der Waals surface area contributed by atoms with Crippen LogP contribution in [-0.2, 0) is 0 Å². The smallest absolute Gasteiger partial charge is 0.371 e. The van der Waals surface area contributed by atoms with E-state index in [1.165, 1.54) is 18.4 Å². The van der Waals surface area contributed by atoms with Crippen molar-refractivity contribution >= 4 is 29.2 Å². The predicted octanol–water partition coefficient (Wildman–Crippen LogP) is 3.97. The Morgan fingerprint density at radius 3 is 1.81 bits per heavy atom. The monoisotopic (exact) mass is 258 g/mol. The molecular weight excluding hydrogens is 251 g/mol. The Kier molecular flexibility index (Phi) is 4.89. The molecule has 0 aliphatic rings. The zero-order chi connectivity index (χ0) is 12.0. The average Bonchev–Trinajstić information content (AvgIpc) is 2.77. The molecule has 0 saturated heterocycles. The lowest BCUT2D eigenvalue weighted by Crippen LogP contribution is -1.90. The molecule has 1 N–H and O–H groups in total. The van der Waals surface area contributed by atoms with E-state index in [4.69, 9.17) is 28.3 Å². The van der Waals surface area contributed by atoms with Gasteiger partial charge in [0.05, 0.1) is 6.26 Å². The lowest BCUT2D eigenvalue weighted by molar-refractivity contribution is 0.0662. The van der Waals surface area contributed by atoms with Gasteiger partial charge in [0.25, 0.3) is 0 Å². The number of halogens is 2. The number of carbonyl (C=O) groups is 1. The largest absolute Gasteiger partial charge is 0.475 e. The van der Waals surface area contributed by atoms with Gasteiger partial charge < -0.3 is 9.52 Å². The Bertz CT molecular complexity index is 414. The Morgan fingerprint density at radius 1 is 1.06 bits per heavy atom. The van der Waals surface area contributed by atoms with Gasteiger partial charge in [-0.15, -0.1) is 0 Å². The van der Waals surface area contributed by atoms with E-state index in [0.717, 1.165) is 10.0 Å². The van der Waals surface area contributed by atoms with Crippen molar-refractivity contribution in [1.29, 1.82) is 0 Å². The Hall–Kier alpha value is -1.45. The number of benzene rings is 1. The van der Waals surface area contributed by atoms with Crippen molar-refractivity contribution < 1.29 is 14.3 Å². The third kappa shape index (κ3) is 4.38. The summed E-state index contributed by atoms with van der Waals surface area (Å²) in [6.07, 6.45) is 1.32. The summed E-state index contributed by atoms with van der Waals surface area (Å²) in [5, 5.41) is 9.61. The van der Waals surface area contributed by atoms with E-state index >= 15 is 0 Å². The minimum Gasteiger partial charge on any atom is -0.475 e. The van der Waals surface area contributed by atoms with E-state index < -0.39 is 5.97 Å². The molecule has 2 aromatic rings. The minimum atomic E-state index is -1.03. The second kappa shape index (κ2) is 6.20. The highest BCUT2D eigenvalue weighted by molar-refractivity contribution is 6.32. The van der Waals surface area contributed by atoms with Crippen molar-refractivity contribution in [1.82, 2.24) is 0 Å². The maximum absolute atomic E-state index is 9.97. The second-order valence-corrected chi connectivity index (χ2v) is 3.59. The first-order valence-electron chi connectivity index (χ1n) is 4.27. The summed E-state index contributed by atoms with van der Waals surface area (Å²) >= 11 is 11.1. The van der Waals surface area contributed by atoms with Crippen molar-refractivity contribution in [2.75, 3.05) is 0 Å². The first-order chi connectivity index (χ1) is 7.59. The molecule has 1 aromatic carbocycles. The molecule has 1 aromatic heterocycles. The van der Waals surface area contributed by atoms with E-state index in [2.05, 4.69) is 4.42 Å². The van der Waals surface area contributed by atoms with Gasteiger partial charge in [0.1, 0.15) is 0 Å². The summed E-state index contributed by atoms with van der Waals surface area (Å²) in [6, 6.07) is 9.94. The van der Waals surface area contributed by atoms with Gasteiger partial charge in [0.2, 0.25) is 5.76 Å². The highest BCUT2D eigenvalue weighted by Gasteiger charge is 2.01. The van der Waals surface area contributed by atoms with Gasteiger partial charge in [-0.05, 0) is 36.4 Å². The fourth-order valence-electron chi connectivity index (χ4n) is 0.830. The lowest BCUT2D eigenvalue weighted by Gasteiger charge is -1.86. The van der Waals surface area contributed by atoms with Crippen molar-refractivity contribution in [2.24, 2.45) is 0 Å². The molecule has 0 atom stereocenters. The molecule has 0 bridgehead atoms. The average molecular weight is 259 g/mol. The van der Waals surface area contributed by atoms with Crippen LogP contribution in [0.1, 0.15) is 10.6 Å². The topological polar surface area (TPSA) is 50.4 Å². The number of carboxylic acids is 1. The van der Waals surface area contributed by atoms with E-state index in [-0.39, 0.29) is 5.76 Å². The van der Waals surface area contributed by atoms with Crippen LogP contribution in [0, 0.1) is 0 Å². The summed E-state index contributed by atoms with van der Waals surface area (Å²) in [5.74, 6) is -1.06. The lowest BCUT2D eigenvalue weighted by atomic mass is 10.4. The van der Waals surface area contributed by atoms with Crippen LogP contribution in [-0.4, -0.2) is 11.1 Å². The summed E-state index contributed by atoms with van der Waals surface area (Å²) < 4.78 is 4.50. The van der Waals surface area contributed by atoms with E-state index in [1.807, 2.05) is 0 Å². The van der Waals surface area contributed by atoms with Crippen molar-refractivity contribution in [3.8, 4) is 0 Å². The van der Waals surface area contributed by atoms with Crippen LogP contribution in [0.3, 0.4) is 0 Å². The first-order valence-corrected chi connectivity index (χ1v) is 5.03. The molecule has 3 nitrogen and oxygen atoms in total. The van der Waals surface area contributed by atoms with E-state index in [9.17, 15) is 4.79 Å². The Balaban J connectivity index is 0.000000160. The second-order valence-electron chi connectivity index (χ2n) is 2.72. The molecule has 0 amide bonds. The van der Waals surface area contributed by atoms with Gasteiger partial charge in [-0.1, -0.05) is 23.2 Å². The summed E-state index contributed by atoms with van der Waals surface area (Å²) in [4.78, 5) is 9.97. The molecule has 0 fully saturated rings. The third-order valence-corrected chi connectivity index (χ3v) is 2.04. The molecule has 1 heterocycles. The quantitative estimate of drug-likeness (QED) is 0.842. The molecule has 5 heteroatoms. The standard InChI is InChI=1S/C6H4Cl2.C5H4O3/c7-5-1-2-6(8)4-3-5;6-5(7)4-2-1-3-8-4/h1-4H;1-3H,(H,6,7). The number of hydrogen-bond donors (Lipinski definition) is 1. The molecule has 0 unspecified atom stereocenters. The number of furan rings is 1. The maximum atomic E-state index is 9.97. The highest BCUT2D eigenvalue weighted by atomic mass is 35.5.